The Morgan fingerprint density at radius 3 is 2.80 bits per heavy atom. The summed E-state index contributed by atoms with van der Waals surface area (Å²) in [4.78, 5) is -0.264. The molecule has 10 heavy (non-hydrogen) atoms. The van der Waals surface area contributed by atoms with E-state index in [1.807, 2.05) is 0 Å². The molecule has 1 atom stereocenters. The standard InChI is InChI=1S/C6H8BrNO2/c7-6-5(10)2-1-4(3-9)8-6/h1-2,6,8-10H,3H2. The number of nitrogens with one attached hydrogen (secondary N) is 1. The molecule has 0 radical (unpaired) electrons. The third kappa shape index (κ3) is 1.52. The molecule has 3 nitrogen and oxygen atoms in total. The lowest BCUT2D eigenvalue weighted by Crippen LogP contribution is -2.28. The van der Waals surface area contributed by atoms with Gasteiger partial charge in [0.1, 0.15) is 10.7 Å². The Bertz CT molecular complexity index is 188. The van der Waals surface area contributed by atoms with Crippen LogP contribution in [0.3, 0.4) is 0 Å². The Labute approximate surface area is 67.2 Å². The summed E-state index contributed by atoms with van der Waals surface area (Å²) in [5.41, 5.74) is 0.694. The minimum absolute atomic E-state index is 0.0358. The van der Waals surface area contributed by atoms with E-state index in [-0.39, 0.29) is 17.3 Å². The molecule has 0 aliphatic carbocycles. The van der Waals surface area contributed by atoms with Crippen molar-refractivity contribution in [2.75, 3.05) is 6.61 Å². The number of dihydropyridines is 1. The number of allylic oxidation sites excluding steroid dienone is 2. The molecule has 1 aliphatic rings. The zero-order valence-corrected chi connectivity index (χ0v) is 6.80. The first kappa shape index (κ1) is 7.63. The SMILES string of the molecule is OCC1=CC=C(O)C(Br)N1. The highest BCUT2D eigenvalue weighted by Crippen LogP contribution is 2.12. The summed E-state index contributed by atoms with van der Waals surface area (Å²) in [6.45, 7) is -0.0358. The number of rotatable bonds is 1. The number of aliphatic hydroxyl groups is 2. The molecular weight excluding hydrogens is 198 g/mol. The van der Waals surface area contributed by atoms with E-state index in [4.69, 9.17) is 10.2 Å². The van der Waals surface area contributed by atoms with Crippen molar-refractivity contribution < 1.29 is 10.2 Å². The lowest BCUT2D eigenvalue weighted by molar-refractivity contribution is 0.313. The Kier molecular flexibility index (Phi) is 2.34. The first-order chi connectivity index (χ1) is 4.74. The van der Waals surface area contributed by atoms with Gasteiger partial charge < -0.3 is 15.5 Å². The van der Waals surface area contributed by atoms with Gasteiger partial charge in [-0.3, -0.25) is 0 Å². The fourth-order valence-corrected chi connectivity index (χ4v) is 1.10. The molecule has 1 aliphatic heterocycles. The van der Waals surface area contributed by atoms with Crippen molar-refractivity contribution in [3.63, 3.8) is 0 Å². The maximum Gasteiger partial charge on any atom is 0.140 e. The second kappa shape index (κ2) is 3.07. The van der Waals surface area contributed by atoms with E-state index < -0.39 is 0 Å². The lowest BCUT2D eigenvalue weighted by atomic mass is 10.3. The maximum absolute atomic E-state index is 9.02. The van der Waals surface area contributed by atoms with Crippen molar-refractivity contribution in [3.8, 4) is 0 Å². The van der Waals surface area contributed by atoms with E-state index in [1.165, 1.54) is 0 Å². The van der Waals surface area contributed by atoms with Crippen molar-refractivity contribution in [1.82, 2.24) is 5.32 Å². The monoisotopic (exact) mass is 205 g/mol. The fraction of sp³-hybridized carbons (Fsp3) is 0.333. The van der Waals surface area contributed by atoms with E-state index >= 15 is 0 Å². The van der Waals surface area contributed by atoms with Crippen LogP contribution in [0.25, 0.3) is 0 Å². The van der Waals surface area contributed by atoms with Gasteiger partial charge in [0.2, 0.25) is 0 Å². The van der Waals surface area contributed by atoms with E-state index in [2.05, 4.69) is 21.2 Å². The number of aliphatic hydroxyl groups excluding tert-OH is 2. The lowest BCUT2D eigenvalue weighted by Gasteiger charge is -2.17. The van der Waals surface area contributed by atoms with Gasteiger partial charge in [-0.1, -0.05) is 15.9 Å². The van der Waals surface area contributed by atoms with Crippen molar-refractivity contribution in [2.45, 2.75) is 4.95 Å². The molecule has 0 aromatic carbocycles. The van der Waals surface area contributed by atoms with Crippen molar-refractivity contribution >= 4 is 15.9 Å². The van der Waals surface area contributed by atoms with Crippen LogP contribution >= 0.6 is 15.9 Å². The first-order valence-corrected chi connectivity index (χ1v) is 3.77. The Hall–Kier alpha value is -0.480. The largest absolute Gasteiger partial charge is 0.509 e. The first-order valence-electron chi connectivity index (χ1n) is 2.85. The molecule has 3 N–H and O–H groups in total. The Morgan fingerprint density at radius 1 is 1.60 bits per heavy atom. The van der Waals surface area contributed by atoms with Crippen molar-refractivity contribution in [1.29, 1.82) is 0 Å². The van der Waals surface area contributed by atoms with Crippen LogP contribution in [0.15, 0.2) is 23.6 Å². The maximum atomic E-state index is 9.02. The summed E-state index contributed by atoms with van der Waals surface area (Å²) in [7, 11) is 0. The summed E-state index contributed by atoms with van der Waals surface area (Å²) < 4.78 is 0. The molecule has 0 aromatic heterocycles. The minimum Gasteiger partial charge on any atom is -0.509 e. The summed E-state index contributed by atoms with van der Waals surface area (Å²) in [6, 6.07) is 0. The molecule has 56 valence electrons. The molecule has 1 rings (SSSR count). The van der Waals surface area contributed by atoms with Crippen LogP contribution in [-0.2, 0) is 0 Å². The molecular formula is C6H8BrNO2. The third-order valence-electron chi connectivity index (χ3n) is 1.20. The van der Waals surface area contributed by atoms with Gasteiger partial charge in [0.05, 0.1) is 6.61 Å². The van der Waals surface area contributed by atoms with Crippen molar-refractivity contribution in [2.24, 2.45) is 0 Å². The van der Waals surface area contributed by atoms with Gasteiger partial charge in [0.15, 0.2) is 0 Å². The molecule has 0 saturated carbocycles. The summed E-state index contributed by atoms with van der Waals surface area (Å²) in [5.74, 6) is 0.220. The second-order valence-electron chi connectivity index (χ2n) is 1.95. The molecule has 0 bridgehead atoms. The zero-order chi connectivity index (χ0) is 7.56. The molecule has 1 unspecified atom stereocenters. The molecule has 0 amide bonds. The van der Waals surface area contributed by atoms with Gasteiger partial charge in [-0.2, -0.15) is 0 Å². The minimum atomic E-state index is -0.264. The van der Waals surface area contributed by atoms with Crippen LogP contribution in [0.2, 0.25) is 0 Å². The summed E-state index contributed by atoms with van der Waals surface area (Å²) >= 11 is 3.15. The molecule has 0 fully saturated rings. The highest BCUT2D eigenvalue weighted by molar-refractivity contribution is 9.09. The second-order valence-corrected chi connectivity index (χ2v) is 2.86. The van der Waals surface area contributed by atoms with E-state index in [9.17, 15) is 0 Å². The van der Waals surface area contributed by atoms with E-state index in [1.54, 1.807) is 12.2 Å². The summed E-state index contributed by atoms with van der Waals surface area (Å²) in [6.07, 6.45) is 3.18. The summed E-state index contributed by atoms with van der Waals surface area (Å²) in [5, 5.41) is 20.5. The quantitative estimate of drug-likeness (QED) is 0.435. The van der Waals surface area contributed by atoms with Gasteiger partial charge in [0, 0.05) is 5.70 Å². The molecule has 0 saturated heterocycles. The van der Waals surface area contributed by atoms with Gasteiger partial charge >= 0.3 is 0 Å². The van der Waals surface area contributed by atoms with Crippen molar-refractivity contribution in [3.05, 3.63) is 23.6 Å². The topological polar surface area (TPSA) is 52.5 Å². The number of halogens is 1. The van der Waals surface area contributed by atoms with Gasteiger partial charge in [0.25, 0.3) is 0 Å². The fourth-order valence-electron chi connectivity index (χ4n) is 0.654. The predicted molar refractivity (Wildman–Crippen MR) is 41.7 cm³/mol. The van der Waals surface area contributed by atoms with Crippen LogP contribution in [0.4, 0.5) is 0 Å². The van der Waals surface area contributed by atoms with E-state index in [0.717, 1.165) is 0 Å². The Morgan fingerprint density at radius 2 is 2.30 bits per heavy atom. The average molecular weight is 206 g/mol. The van der Waals surface area contributed by atoms with Crippen LogP contribution in [0.1, 0.15) is 0 Å². The predicted octanol–water partition coefficient (Wildman–Crippen LogP) is 0.629. The van der Waals surface area contributed by atoms with Crippen LogP contribution in [0.5, 0.6) is 0 Å². The van der Waals surface area contributed by atoms with Crippen LogP contribution in [-0.4, -0.2) is 21.8 Å². The number of hydrogen-bond acceptors (Lipinski definition) is 3. The number of alkyl halides is 1. The third-order valence-corrected chi connectivity index (χ3v) is 1.90. The molecule has 4 heteroatoms. The molecule has 1 heterocycles. The Balaban J connectivity index is 2.68. The van der Waals surface area contributed by atoms with Crippen LogP contribution < -0.4 is 5.32 Å². The average Bonchev–Trinajstić information content (AvgIpc) is 1.95. The smallest absolute Gasteiger partial charge is 0.140 e. The van der Waals surface area contributed by atoms with Gasteiger partial charge in [-0.05, 0) is 12.2 Å². The van der Waals surface area contributed by atoms with Gasteiger partial charge in [-0.25, -0.2) is 0 Å². The zero-order valence-electron chi connectivity index (χ0n) is 5.21. The normalized spacial score (nSPS) is 24.8. The number of hydrogen-bond donors (Lipinski definition) is 3. The van der Waals surface area contributed by atoms with Gasteiger partial charge in [-0.15, -0.1) is 0 Å². The molecule has 0 aromatic rings. The highest BCUT2D eigenvalue weighted by atomic mass is 79.9. The highest BCUT2D eigenvalue weighted by Gasteiger charge is 2.12. The molecule has 0 spiro atoms. The van der Waals surface area contributed by atoms with Crippen LogP contribution in [0, 0.1) is 0 Å². The van der Waals surface area contributed by atoms with E-state index in [0.29, 0.717) is 5.70 Å².